The first-order chi connectivity index (χ1) is 16.1. The number of benzene rings is 1. The second-order valence-electron chi connectivity index (χ2n) is 9.74. The van der Waals surface area contributed by atoms with Crippen molar-refractivity contribution in [3.8, 4) is 6.07 Å². The topological polar surface area (TPSA) is 126 Å². The molecule has 1 fully saturated rings. The number of nitriles is 1. The number of carbonyl (C=O) groups excluding carboxylic acids is 2. The number of nitrogens with two attached hydrogens (primary N) is 1. The van der Waals surface area contributed by atoms with E-state index in [1.807, 2.05) is 20.8 Å². The molecule has 1 aliphatic rings. The van der Waals surface area contributed by atoms with Crippen LogP contribution in [0.15, 0.2) is 30.5 Å². The van der Waals surface area contributed by atoms with Gasteiger partial charge in [-0.2, -0.15) is 10.4 Å². The van der Waals surface area contributed by atoms with E-state index in [-0.39, 0.29) is 47.1 Å². The van der Waals surface area contributed by atoms with Crippen molar-refractivity contribution in [2.24, 2.45) is 17.1 Å². The fourth-order valence-corrected chi connectivity index (χ4v) is 3.91. The molecular formula is C24H31FN6O3. The van der Waals surface area contributed by atoms with Crippen molar-refractivity contribution in [1.82, 2.24) is 14.7 Å². The molecule has 2 amide bonds. The highest BCUT2D eigenvalue weighted by molar-refractivity contribution is 5.98. The Kier molecular flexibility index (Phi) is 7.76. The number of amides is 2. The van der Waals surface area contributed by atoms with Gasteiger partial charge in [0.25, 0.3) is 5.91 Å². The molecule has 34 heavy (non-hydrogen) atoms. The third-order valence-corrected chi connectivity index (χ3v) is 5.72. The zero-order chi connectivity index (χ0) is 24.9. The van der Waals surface area contributed by atoms with Crippen LogP contribution in [0, 0.1) is 28.5 Å². The van der Waals surface area contributed by atoms with Crippen molar-refractivity contribution in [2.45, 2.75) is 46.1 Å². The average Bonchev–Trinajstić information content (AvgIpc) is 3.21. The van der Waals surface area contributed by atoms with Crippen molar-refractivity contribution in [3.05, 3.63) is 41.8 Å². The van der Waals surface area contributed by atoms with Crippen molar-refractivity contribution in [1.29, 1.82) is 5.26 Å². The predicted molar refractivity (Wildman–Crippen MR) is 125 cm³/mol. The Morgan fingerprint density at radius 2 is 1.94 bits per heavy atom. The number of nitrogens with zero attached hydrogens (tertiary/aromatic N) is 4. The zero-order valence-corrected chi connectivity index (χ0v) is 19.8. The van der Waals surface area contributed by atoms with Crippen LogP contribution in [0.5, 0.6) is 0 Å². The number of piperidine rings is 1. The van der Waals surface area contributed by atoms with Gasteiger partial charge in [0.15, 0.2) is 5.82 Å². The molecule has 0 spiro atoms. The SMILES string of the molecule is CC(C)(C)COC(=O)N1CCC([C@H](CC#N)n2cc(C(N)=O)c(Nc3ccc(F)cc3)n2)CC1. The molecule has 0 bridgehead atoms. The summed E-state index contributed by atoms with van der Waals surface area (Å²) in [4.78, 5) is 26.1. The maximum absolute atomic E-state index is 13.2. The number of primary amides is 1. The number of aromatic nitrogens is 2. The summed E-state index contributed by atoms with van der Waals surface area (Å²) in [6.07, 6.45) is 2.74. The van der Waals surface area contributed by atoms with E-state index in [2.05, 4.69) is 16.5 Å². The molecular weight excluding hydrogens is 439 g/mol. The molecule has 0 saturated carbocycles. The van der Waals surface area contributed by atoms with E-state index < -0.39 is 5.91 Å². The molecule has 2 aromatic rings. The molecule has 2 heterocycles. The maximum Gasteiger partial charge on any atom is 0.409 e. The highest BCUT2D eigenvalue weighted by atomic mass is 19.1. The minimum atomic E-state index is -0.664. The smallest absolute Gasteiger partial charge is 0.409 e. The lowest BCUT2D eigenvalue weighted by Gasteiger charge is -2.35. The van der Waals surface area contributed by atoms with Gasteiger partial charge in [0, 0.05) is 25.0 Å². The van der Waals surface area contributed by atoms with E-state index in [1.54, 1.807) is 15.8 Å². The first-order valence-electron chi connectivity index (χ1n) is 11.3. The molecule has 10 heteroatoms. The van der Waals surface area contributed by atoms with Crippen LogP contribution < -0.4 is 11.1 Å². The Bertz CT molecular complexity index is 1050. The summed E-state index contributed by atoms with van der Waals surface area (Å²) in [5.41, 5.74) is 6.17. The van der Waals surface area contributed by atoms with Gasteiger partial charge in [-0.25, -0.2) is 9.18 Å². The summed E-state index contributed by atoms with van der Waals surface area (Å²) in [5.74, 6) is -0.729. The van der Waals surface area contributed by atoms with E-state index in [9.17, 15) is 19.2 Å². The predicted octanol–water partition coefficient (Wildman–Crippen LogP) is 4.21. The van der Waals surface area contributed by atoms with E-state index in [1.165, 1.54) is 24.3 Å². The highest BCUT2D eigenvalue weighted by Gasteiger charge is 2.32. The molecule has 3 N–H and O–H groups in total. The van der Waals surface area contributed by atoms with E-state index >= 15 is 0 Å². The number of rotatable bonds is 7. The Hall–Kier alpha value is -3.61. The molecule has 1 atom stereocenters. The number of likely N-dealkylation sites (tertiary alicyclic amines) is 1. The number of ether oxygens (including phenoxy) is 1. The summed E-state index contributed by atoms with van der Waals surface area (Å²) < 4.78 is 20.2. The molecule has 0 unspecified atom stereocenters. The minimum absolute atomic E-state index is 0.0746. The van der Waals surface area contributed by atoms with Gasteiger partial charge in [0.1, 0.15) is 11.4 Å². The van der Waals surface area contributed by atoms with Crippen LogP contribution in [0.2, 0.25) is 0 Å². The van der Waals surface area contributed by atoms with E-state index in [0.29, 0.717) is 38.2 Å². The van der Waals surface area contributed by atoms with Crippen LogP contribution >= 0.6 is 0 Å². The van der Waals surface area contributed by atoms with Gasteiger partial charge in [-0.3, -0.25) is 9.48 Å². The zero-order valence-electron chi connectivity index (χ0n) is 19.8. The largest absolute Gasteiger partial charge is 0.449 e. The van der Waals surface area contributed by atoms with Gasteiger partial charge in [0.2, 0.25) is 0 Å². The quantitative estimate of drug-likeness (QED) is 0.624. The van der Waals surface area contributed by atoms with Crippen LogP contribution in [0.3, 0.4) is 0 Å². The van der Waals surface area contributed by atoms with Crippen LogP contribution in [-0.4, -0.2) is 46.4 Å². The Labute approximate surface area is 198 Å². The second kappa shape index (κ2) is 10.5. The molecule has 1 aliphatic heterocycles. The molecule has 182 valence electrons. The van der Waals surface area contributed by atoms with Gasteiger partial charge in [-0.15, -0.1) is 0 Å². The number of nitrogens with one attached hydrogen (secondary N) is 1. The molecule has 9 nitrogen and oxygen atoms in total. The second-order valence-corrected chi connectivity index (χ2v) is 9.74. The fourth-order valence-electron chi connectivity index (χ4n) is 3.91. The van der Waals surface area contributed by atoms with Gasteiger partial charge >= 0.3 is 6.09 Å². The Morgan fingerprint density at radius 3 is 2.50 bits per heavy atom. The number of halogens is 1. The van der Waals surface area contributed by atoms with Gasteiger partial charge < -0.3 is 20.7 Å². The molecule has 1 aromatic carbocycles. The lowest BCUT2D eigenvalue weighted by atomic mass is 9.88. The van der Waals surface area contributed by atoms with Crippen molar-refractivity contribution in [2.75, 3.05) is 25.0 Å². The lowest BCUT2D eigenvalue weighted by Crippen LogP contribution is -2.41. The van der Waals surface area contributed by atoms with E-state index in [4.69, 9.17) is 10.5 Å². The van der Waals surface area contributed by atoms with Gasteiger partial charge in [0.05, 0.1) is 25.1 Å². The third kappa shape index (κ3) is 6.47. The van der Waals surface area contributed by atoms with Crippen LogP contribution in [0.4, 0.5) is 20.7 Å². The summed E-state index contributed by atoms with van der Waals surface area (Å²) in [7, 11) is 0. The number of anilines is 2. The third-order valence-electron chi connectivity index (χ3n) is 5.72. The Morgan fingerprint density at radius 1 is 1.29 bits per heavy atom. The normalized spacial score (nSPS) is 15.4. The van der Waals surface area contributed by atoms with Crippen LogP contribution in [0.1, 0.15) is 56.4 Å². The monoisotopic (exact) mass is 470 g/mol. The molecule has 0 aliphatic carbocycles. The number of hydrogen-bond donors (Lipinski definition) is 2. The minimum Gasteiger partial charge on any atom is -0.449 e. The highest BCUT2D eigenvalue weighted by Crippen LogP contribution is 2.33. The molecule has 1 saturated heterocycles. The first-order valence-corrected chi connectivity index (χ1v) is 11.3. The van der Waals surface area contributed by atoms with Crippen molar-refractivity contribution >= 4 is 23.5 Å². The van der Waals surface area contributed by atoms with Gasteiger partial charge in [-0.1, -0.05) is 20.8 Å². The Balaban J connectivity index is 1.72. The van der Waals surface area contributed by atoms with E-state index in [0.717, 1.165) is 0 Å². The lowest BCUT2D eigenvalue weighted by molar-refractivity contribution is 0.0575. The average molecular weight is 471 g/mol. The van der Waals surface area contributed by atoms with Crippen molar-refractivity contribution in [3.63, 3.8) is 0 Å². The summed E-state index contributed by atoms with van der Waals surface area (Å²) in [5, 5.41) is 16.9. The van der Waals surface area contributed by atoms with Crippen LogP contribution in [-0.2, 0) is 4.74 Å². The molecule has 3 rings (SSSR count). The number of hydrogen-bond acceptors (Lipinski definition) is 6. The summed E-state index contributed by atoms with van der Waals surface area (Å²) >= 11 is 0. The number of carbonyl (C=O) groups is 2. The summed E-state index contributed by atoms with van der Waals surface area (Å²) in [6, 6.07) is 7.56. The fraction of sp³-hybridized carbons (Fsp3) is 0.500. The van der Waals surface area contributed by atoms with Crippen LogP contribution in [0.25, 0.3) is 0 Å². The van der Waals surface area contributed by atoms with Crippen molar-refractivity contribution < 1.29 is 18.7 Å². The standard InChI is InChI=1S/C24H31FN6O3/c1-24(2,3)15-34-23(33)30-12-9-16(10-13-30)20(8-11-26)31-14-19(21(27)32)22(29-31)28-18-6-4-17(25)5-7-18/h4-7,14,16,20H,8-10,12-13,15H2,1-3H3,(H2,27,32)(H,28,29)/t20-/m0/s1. The molecule has 1 aromatic heterocycles. The first kappa shape index (κ1) is 25.0. The maximum atomic E-state index is 13.2. The summed E-state index contributed by atoms with van der Waals surface area (Å²) in [6.45, 7) is 7.38. The molecule has 0 radical (unpaired) electrons. The van der Waals surface area contributed by atoms with Gasteiger partial charge in [-0.05, 0) is 48.4 Å².